The minimum atomic E-state index is -0.521. The van der Waals surface area contributed by atoms with Crippen molar-refractivity contribution >= 4 is 17.5 Å². The molecular weight excluding hydrogens is 374 g/mol. The number of anilines is 2. The highest BCUT2D eigenvalue weighted by Crippen LogP contribution is 2.29. The zero-order valence-electron chi connectivity index (χ0n) is 17.2. The summed E-state index contributed by atoms with van der Waals surface area (Å²) in [6.07, 6.45) is 0. The summed E-state index contributed by atoms with van der Waals surface area (Å²) in [5, 5.41) is 8.15. The van der Waals surface area contributed by atoms with Crippen LogP contribution in [-0.4, -0.2) is 20.7 Å². The van der Waals surface area contributed by atoms with E-state index in [1.54, 1.807) is 0 Å². The third-order valence-electron chi connectivity index (χ3n) is 4.96. The highest BCUT2D eigenvalue weighted by Gasteiger charge is 2.18. The van der Waals surface area contributed by atoms with Gasteiger partial charge < -0.3 is 11.1 Å². The van der Waals surface area contributed by atoms with Gasteiger partial charge in [0.05, 0.1) is 16.9 Å². The number of carbonyl (C=O) groups excluding carboxylic acids is 1. The summed E-state index contributed by atoms with van der Waals surface area (Å²) in [6.45, 7) is 5.78. The van der Waals surface area contributed by atoms with Crippen LogP contribution in [0.3, 0.4) is 0 Å². The molecule has 0 saturated carbocycles. The number of rotatable bonds is 5. The van der Waals surface area contributed by atoms with Gasteiger partial charge in [-0.15, -0.1) is 0 Å². The normalized spacial score (nSPS) is 10.8. The number of hydrogen-bond acceptors (Lipinski definition) is 4. The van der Waals surface area contributed by atoms with Gasteiger partial charge in [0.2, 0.25) is 0 Å². The Morgan fingerprint density at radius 2 is 1.63 bits per heavy atom. The Bertz CT molecular complexity index is 1230. The molecule has 1 amide bonds. The molecule has 0 aliphatic rings. The number of nitrogens with one attached hydrogen (secondary N) is 1. The first-order valence-electron chi connectivity index (χ1n) is 9.70. The number of para-hydroxylation sites is 1. The molecule has 0 saturated heterocycles. The van der Waals surface area contributed by atoms with Crippen molar-refractivity contribution in [1.29, 1.82) is 0 Å². The summed E-state index contributed by atoms with van der Waals surface area (Å²) in [6, 6.07) is 21.8. The van der Waals surface area contributed by atoms with Crippen molar-refractivity contribution in [2.24, 2.45) is 5.73 Å². The third kappa shape index (κ3) is 3.67. The number of aryl methyl sites for hydroxylation is 3. The molecule has 3 N–H and O–H groups in total. The van der Waals surface area contributed by atoms with Gasteiger partial charge in [0, 0.05) is 17.3 Å². The third-order valence-corrected chi connectivity index (χ3v) is 4.96. The number of benzene rings is 2. The molecule has 4 rings (SSSR count). The van der Waals surface area contributed by atoms with E-state index in [4.69, 9.17) is 10.8 Å². The van der Waals surface area contributed by atoms with Crippen LogP contribution >= 0.6 is 0 Å². The Balaban J connectivity index is 1.89. The quantitative estimate of drug-likeness (QED) is 0.511. The van der Waals surface area contributed by atoms with Gasteiger partial charge in [-0.1, -0.05) is 48.5 Å². The van der Waals surface area contributed by atoms with Crippen LogP contribution in [0.5, 0.6) is 0 Å². The van der Waals surface area contributed by atoms with Gasteiger partial charge in [-0.3, -0.25) is 4.79 Å². The lowest BCUT2D eigenvalue weighted by Crippen LogP contribution is -2.17. The summed E-state index contributed by atoms with van der Waals surface area (Å²) in [7, 11) is 0. The summed E-state index contributed by atoms with van der Waals surface area (Å²) >= 11 is 0. The fourth-order valence-electron chi connectivity index (χ4n) is 3.56. The predicted octanol–water partition coefficient (Wildman–Crippen LogP) is 4.70. The lowest BCUT2D eigenvalue weighted by Gasteiger charge is -2.14. The smallest absolute Gasteiger partial charge is 0.252 e. The molecule has 0 unspecified atom stereocenters. The first-order chi connectivity index (χ1) is 14.4. The first kappa shape index (κ1) is 19.4. The van der Waals surface area contributed by atoms with Gasteiger partial charge >= 0.3 is 0 Å². The molecule has 4 aromatic rings. The molecule has 0 radical (unpaired) electrons. The van der Waals surface area contributed by atoms with Crippen LogP contribution in [0, 0.1) is 20.8 Å². The van der Waals surface area contributed by atoms with E-state index in [0.29, 0.717) is 17.2 Å². The molecule has 0 aliphatic heterocycles. The lowest BCUT2D eigenvalue weighted by molar-refractivity contribution is 0.1000. The van der Waals surface area contributed by atoms with E-state index >= 15 is 0 Å². The molecular formula is C24H23N5O. The second-order valence-electron chi connectivity index (χ2n) is 7.27. The first-order valence-corrected chi connectivity index (χ1v) is 9.70. The molecule has 0 fully saturated rings. The van der Waals surface area contributed by atoms with Crippen LogP contribution in [0.15, 0.2) is 66.7 Å². The fourth-order valence-corrected chi connectivity index (χ4v) is 3.56. The molecule has 30 heavy (non-hydrogen) atoms. The van der Waals surface area contributed by atoms with Gasteiger partial charge in [-0.25, -0.2) is 9.67 Å². The number of primary amides is 1. The van der Waals surface area contributed by atoms with E-state index in [9.17, 15) is 4.79 Å². The molecule has 2 aromatic heterocycles. The van der Waals surface area contributed by atoms with Crippen LogP contribution < -0.4 is 11.1 Å². The number of hydrogen-bond donors (Lipinski definition) is 2. The number of carbonyl (C=O) groups is 1. The van der Waals surface area contributed by atoms with Crippen LogP contribution in [0.4, 0.5) is 11.6 Å². The second kappa shape index (κ2) is 7.83. The molecule has 150 valence electrons. The van der Waals surface area contributed by atoms with Crippen LogP contribution in [0.2, 0.25) is 0 Å². The zero-order valence-corrected chi connectivity index (χ0v) is 17.2. The summed E-state index contributed by atoms with van der Waals surface area (Å²) < 4.78 is 1.84. The highest BCUT2D eigenvalue weighted by atomic mass is 16.1. The van der Waals surface area contributed by atoms with Gasteiger partial charge in [0.25, 0.3) is 5.91 Å². The van der Waals surface area contributed by atoms with E-state index in [1.165, 1.54) is 0 Å². The maximum atomic E-state index is 12.1. The molecule has 0 atom stereocenters. The van der Waals surface area contributed by atoms with Gasteiger partial charge in [-0.2, -0.15) is 5.10 Å². The number of amides is 1. The Hall–Kier alpha value is -3.93. The van der Waals surface area contributed by atoms with Crippen molar-refractivity contribution in [3.05, 3.63) is 89.1 Å². The van der Waals surface area contributed by atoms with E-state index < -0.39 is 5.91 Å². The van der Waals surface area contributed by atoms with E-state index in [-0.39, 0.29) is 0 Å². The Morgan fingerprint density at radius 3 is 2.33 bits per heavy atom. The molecule has 6 heteroatoms. The fraction of sp³-hybridized carbons (Fsp3) is 0.125. The Kier molecular flexibility index (Phi) is 5.06. The van der Waals surface area contributed by atoms with Crippen molar-refractivity contribution in [1.82, 2.24) is 14.8 Å². The summed E-state index contributed by atoms with van der Waals surface area (Å²) in [5.74, 6) is 0.602. The molecule has 2 heterocycles. The maximum Gasteiger partial charge on any atom is 0.252 e. The predicted molar refractivity (Wildman–Crippen MR) is 119 cm³/mol. The topological polar surface area (TPSA) is 85.8 Å². The second-order valence-corrected chi connectivity index (χ2v) is 7.27. The summed E-state index contributed by atoms with van der Waals surface area (Å²) in [5.41, 5.74) is 11.4. The van der Waals surface area contributed by atoms with E-state index in [0.717, 1.165) is 33.8 Å². The van der Waals surface area contributed by atoms with Crippen LogP contribution in [0.25, 0.3) is 16.9 Å². The van der Waals surface area contributed by atoms with Crippen LogP contribution in [-0.2, 0) is 0 Å². The van der Waals surface area contributed by atoms with Gasteiger partial charge in [-0.05, 0) is 44.0 Å². The average molecular weight is 397 g/mol. The van der Waals surface area contributed by atoms with Crippen molar-refractivity contribution in [3.8, 4) is 16.9 Å². The van der Waals surface area contributed by atoms with Crippen molar-refractivity contribution in [3.63, 3.8) is 0 Å². The molecule has 0 spiro atoms. The number of nitrogens with zero attached hydrogens (tertiary/aromatic N) is 3. The standard InChI is InChI=1S/C24H23N5O/c1-15-9-7-8-12-20(15)29-21(14-19(28-29)18-10-5-4-6-11-18)27-24-22(23(25)30)16(2)13-17(3)26-24/h4-14H,1-3H3,(H2,25,30)(H,26,27). The molecule has 0 aliphatic carbocycles. The van der Waals surface area contributed by atoms with Gasteiger partial charge in [0.15, 0.2) is 0 Å². The maximum absolute atomic E-state index is 12.1. The number of aromatic nitrogens is 3. The van der Waals surface area contributed by atoms with E-state index in [1.807, 2.05) is 92.2 Å². The zero-order chi connectivity index (χ0) is 21.3. The Labute approximate surface area is 175 Å². The van der Waals surface area contributed by atoms with Crippen molar-refractivity contribution in [2.45, 2.75) is 20.8 Å². The largest absolute Gasteiger partial charge is 0.365 e. The number of pyridine rings is 1. The highest BCUT2D eigenvalue weighted by molar-refractivity contribution is 5.99. The average Bonchev–Trinajstić information content (AvgIpc) is 3.11. The minimum absolute atomic E-state index is 0.374. The molecule has 6 nitrogen and oxygen atoms in total. The molecule has 2 aromatic carbocycles. The van der Waals surface area contributed by atoms with Gasteiger partial charge in [0.1, 0.15) is 11.6 Å². The SMILES string of the molecule is Cc1cc(C)c(C(N)=O)c(Nc2cc(-c3ccccc3)nn2-c2ccccc2C)n1. The van der Waals surface area contributed by atoms with E-state index in [2.05, 4.69) is 10.3 Å². The summed E-state index contributed by atoms with van der Waals surface area (Å²) in [4.78, 5) is 16.6. The molecule has 0 bridgehead atoms. The Morgan fingerprint density at radius 1 is 0.933 bits per heavy atom. The van der Waals surface area contributed by atoms with Crippen LogP contribution in [0.1, 0.15) is 27.2 Å². The van der Waals surface area contributed by atoms with Crippen molar-refractivity contribution in [2.75, 3.05) is 5.32 Å². The minimum Gasteiger partial charge on any atom is -0.365 e. The monoisotopic (exact) mass is 397 g/mol. The lowest BCUT2D eigenvalue weighted by atomic mass is 10.1. The number of nitrogens with two attached hydrogens (primary N) is 1. The van der Waals surface area contributed by atoms with Crippen molar-refractivity contribution < 1.29 is 4.79 Å².